The van der Waals surface area contributed by atoms with Gasteiger partial charge in [-0.25, -0.2) is 0 Å². The predicted octanol–water partition coefficient (Wildman–Crippen LogP) is 4.78. The van der Waals surface area contributed by atoms with Gasteiger partial charge in [0.15, 0.2) is 25.4 Å². The number of benzene rings is 1. The maximum absolute atomic E-state index is 12.9. The van der Waals surface area contributed by atoms with Crippen LogP contribution in [0.3, 0.4) is 0 Å². The van der Waals surface area contributed by atoms with Crippen molar-refractivity contribution in [2.45, 2.75) is 50.9 Å². The summed E-state index contributed by atoms with van der Waals surface area (Å²) in [6.07, 6.45) is 3.47. The minimum absolute atomic E-state index is 0.113. The van der Waals surface area contributed by atoms with E-state index in [0.717, 1.165) is 5.56 Å². The summed E-state index contributed by atoms with van der Waals surface area (Å²) < 4.78 is 28.5. The van der Waals surface area contributed by atoms with E-state index in [1.165, 1.54) is 12.5 Å². The van der Waals surface area contributed by atoms with Crippen LogP contribution in [-0.4, -0.2) is 27.7 Å². The lowest BCUT2D eigenvalue weighted by Gasteiger charge is -2.45. The van der Waals surface area contributed by atoms with Crippen LogP contribution in [0.25, 0.3) is 0 Å². The number of rotatable bonds is 6. The molecule has 0 spiro atoms. The van der Waals surface area contributed by atoms with Gasteiger partial charge in [0.25, 0.3) is 0 Å². The molecule has 0 radical (unpaired) electrons. The molecule has 8 heteroatoms. The average Bonchev–Trinajstić information content (AvgIpc) is 3.47. The summed E-state index contributed by atoms with van der Waals surface area (Å²) in [6.45, 7) is 10.9. The summed E-state index contributed by atoms with van der Waals surface area (Å²) in [5, 5.41) is 10.4. The fourth-order valence-electron chi connectivity index (χ4n) is 4.06. The van der Waals surface area contributed by atoms with Crippen LogP contribution in [0.15, 0.2) is 41.2 Å². The molecule has 1 saturated heterocycles. The van der Waals surface area contributed by atoms with E-state index in [1.54, 1.807) is 6.07 Å². The zero-order valence-corrected chi connectivity index (χ0v) is 20.1. The van der Waals surface area contributed by atoms with Crippen LogP contribution >= 0.6 is 0 Å². The van der Waals surface area contributed by atoms with E-state index < -0.39 is 25.8 Å². The Hall–Kier alpha value is -2.76. The van der Waals surface area contributed by atoms with Gasteiger partial charge in [0.2, 0.25) is 6.79 Å². The second-order valence-electron chi connectivity index (χ2n) is 9.96. The highest BCUT2D eigenvalue weighted by atomic mass is 28.4. The van der Waals surface area contributed by atoms with Crippen molar-refractivity contribution in [3.8, 4) is 17.6 Å². The van der Waals surface area contributed by atoms with Gasteiger partial charge in [0, 0.05) is 5.56 Å². The van der Waals surface area contributed by atoms with Crippen molar-refractivity contribution in [3.05, 3.63) is 47.9 Å². The van der Waals surface area contributed by atoms with Gasteiger partial charge in [-0.15, -0.1) is 0 Å². The molecule has 0 saturated carbocycles. The number of ether oxygens (including phenoxy) is 3. The molecule has 0 aliphatic carbocycles. The first kappa shape index (κ1) is 22.4. The molecule has 4 rings (SSSR count). The van der Waals surface area contributed by atoms with E-state index in [0.29, 0.717) is 23.5 Å². The minimum Gasteiger partial charge on any atom is -0.472 e. The van der Waals surface area contributed by atoms with Crippen molar-refractivity contribution in [2.24, 2.45) is 11.8 Å². The molecule has 1 unspecified atom stereocenters. The smallest absolute Gasteiger partial charge is 0.309 e. The van der Waals surface area contributed by atoms with Gasteiger partial charge >= 0.3 is 5.97 Å². The molecule has 0 amide bonds. The molecule has 32 heavy (non-hydrogen) atoms. The minimum atomic E-state index is -2.41. The van der Waals surface area contributed by atoms with E-state index in [1.807, 2.05) is 18.2 Å². The quantitative estimate of drug-likeness (QED) is 0.457. The number of nitrogens with zero attached hydrogens (tertiary/aromatic N) is 1. The number of furan rings is 1. The monoisotopic (exact) mass is 455 g/mol. The number of fused-ring (bicyclic) bond motifs is 1. The molecule has 3 atom stereocenters. The fourth-order valence-corrected chi connectivity index (χ4v) is 5.48. The molecule has 0 bridgehead atoms. The largest absolute Gasteiger partial charge is 0.472 e. The van der Waals surface area contributed by atoms with E-state index in [-0.39, 0.29) is 24.4 Å². The molecular formula is C24H29NO6Si. The van der Waals surface area contributed by atoms with Crippen molar-refractivity contribution < 1.29 is 27.8 Å². The Morgan fingerprint density at radius 2 is 1.91 bits per heavy atom. The van der Waals surface area contributed by atoms with Crippen molar-refractivity contribution in [2.75, 3.05) is 13.4 Å². The van der Waals surface area contributed by atoms with Gasteiger partial charge in [-0.05, 0) is 48.3 Å². The number of cyclic esters (lactones) is 1. The Morgan fingerprint density at radius 3 is 2.56 bits per heavy atom. The van der Waals surface area contributed by atoms with Crippen LogP contribution < -0.4 is 9.47 Å². The predicted molar refractivity (Wildman–Crippen MR) is 118 cm³/mol. The first-order valence-electron chi connectivity index (χ1n) is 10.8. The third-order valence-electron chi connectivity index (χ3n) is 6.95. The van der Waals surface area contributed by atoms with Crippen molar-refractivity contribution >= 4 is 14.3 Å². The van der Waals surface area contributed by atoms with Crippen LogP contribution in [0.1, 0.15) is 31.9 Å². The summed E-state index contributed by atoms with van der Waals surface area (Å²) >= 11 is 0. The highest BCUT2D eigenvalue weighted by Gasteiger charge is 2.57. The highest BCUT2D eigenvalue weighted by Crippen LogP contribution is 2.49. The maximum atomic E-state index is 12.9. The normalized spacial score (nSPS) is 22.3. The Balaban J connectivity index is 1.73. The molecule has 1 aromatic heterocycles. The zero-order chi connectivity index (χ0) is 23.1. The maximum Gasteiger partial charge on any atom is 0.309 e. The summed E-state index contributed by atoms with van der Waals surface area (Å²) in [7, 11) is -2.41. The first-order valence-corrected chi connectivity index (χ1v) is 13.7. The number of nitriles is 1. The van der Waals surface area contributed by atoms with E-state index in [2.05, 4.69) is 39.9 Å². The van der Waals surface area contributed by atoms with Gasteiger partial charge in [-0.2, -0.15) is 5.26 Å². The fraction of sp³-hybridized carbons (Fsp3) is 0.500. The molecule has 3 heterocycles. The molecule has 2 aliphatic heterocycles. The van der Waals surface area contributed by atoms with Gasteiger partial charge in [-0.1, -0.05) is 26.8 Å². The number of hydrogen-bond donors (Lipinski definition) is 0. The van der Waals surface area contributed by atoms with Crippen molar-refractivity contribution in [3.63, 3.8) is 0 Å². The molecule has 2 aliphatic rings. The van der Waals surface area contributed by atoms with E-state index in [4.69, 9.17) is 23.1 Å². The number of carbonyl (C=O) groups excluding carboxylic acids is 1. The summed E-state index contributed by atoms with van der Waals surface area (Å²) in [5.74, 6) is -0.0175. The standard InChI is InChI=1S/C24H29NO6Si/c1-23(2,3)32(4,5)31-24(14-25,17-8-9-27-12-17)19-13-28-22(26)18(19)10-16-6-7-20-21(11-16)30-15-29-20/h6-9,11-12,18-19H,10,13,15H2,1-5H3/t18-,19+,24?/m1/s1. The molecular weight excluding hydrogens is 426 g/mol. The van der Waals surface area contributed by atoms with Gasteiger partial charge in [0.05, 0.1) is 31.0 Å². The lowest BCUT2D eigenvalue weighted by Crippen LogP contribution is -2.52. The molecule has 7 nitrogen and oxygen atoms in total. The van der Waals surface area contributed by atoms with Crippen LogP contribution in [0.4, 0.5) is 0 Å². The Labute approximate surface area is 189 Å². The van der Waals surface area contributed by atoms with Gasteiger partial charge in [0.1, 0.15) is 6.07 Å². The molecule has 1 fully saturated rings. The second kappa shape index (κ2) is 7.98. The van der Waals surface area contributed by atoms with Crippen LogP contribution in [0, 0.1) is 23.2 Å². The lowest BCUT2D eigenvalue weighted by atomic mass is 9.75. The van der Waals surface area contributed by atoms with Gasteiger partial charge < -0.3 is 23.1 Å². The second-order valence-corrected chi connectivity index (χ2v) is 14.7. The summed E-state index contributed by atoms with van der Waals surface area (Å²) in [5.41, 5.74) is 0.168. The molecule has 170 valence electrons. The first-order chi connectivity index (χ1) is 15.1. The summed E-state index contributed by atoms with van der Waals surface area (Å²) in [6, 6.07) is 9.82. The van der Waals surface area contributed by atoms with Gasteiger partial charge in [-0.3, -0.25) is 4.79 Å². The van der Waals surface area contributed by atoms with E-state index >= 15 is 0 Å². The highest BCUT2D eigenvalue weighted by molar-refractivity contribution is 6.74. The van der Waals surface area contributed by atoms with Crippen molar-refractivity contribution in [1.29, 1.82) is 5.26 Å². The third-order valence-corrected chi connectivity index (χ3v) is 11.4. The lowest BCUT2D eigenvalue weighted by molar-refractivity contribution is -0.141. The Kier molecular flexibility index (Phi) is 5.59. The topological polar surface area (TPSA) is 90.9 Å². The third kappa shape index (κ3) is 3.80. The Bertz CT molecular complexity index is 1040. The Morgan fingerprint density at radius 1 is 1.16 bits per heavy atom. The molecule has 2 aromatic rings. The zero-order valence-electron chi connectivity index (χ0n) is 19.1. The van der Waals surface area contributed by atoms with E-state index in [9.17, 15) is 10.1 Å². The SMILES string of the molecule is CC(C)(C)[Si](C)(C)OC(C#N)(c1ccoc1)[C@H]1COC(=O)[C@@H]1Cc1ccc2c(c1)OCO2. The number of carbonyl (C=O) groups is 1. The molecule has 1 aromatic carbocycles. The number of esters is 1. The molecule has 0 N–H and O–H groups in total. The average molecular weight is 456 g/mol. The van der Waals surface area contributed by atoms with Crippen LogP contribution in [0.2, 0.25) is 18.1 Å². The summed E-state index contributed by atoms with van der Waals surface area (Å²) in [4.78, 5) is 12.9. The number of hydrogen-bond acceptors (Lipinski definition) is 7. The van der Waals surface area contributed by atoms with Crippen LogP contribution in [0.5, 0.6) is 11.5 Å². The van der Waals surface area contributed by atoms with Crippen LogP contribution in [-0.2, 0) is 26.0 Å². The van der Waals surface area contributed by atoms with Crippen molar-refractivity contribution in [1.82, 2.24) is 0 Å².